The van der Waals surface area contributed by atoms with Crippen molar-refractivity contribution in [1.29, 1.82) is 0 Å². The van der Waals surface area contributed by atoms with E-state index < -0.39 is 0 Å². The van der Waals surface area contributed by atoms with Gasteiger partial charge in [-0.1, -0.05) is 6.07 Å². The molecule has 90 valence electrons. The molecule has 3 rings (SSSR count). The SMILES string of the molecule is CNCC1CCN(c2nc3ccccn3n2)C1. The minimum Gasteiger partial charge on any atom is -0.339 e. The van der Waals surface area contributed by atoms with Crippen LogP contribution in [0.15, 0.2) is 24.4 Å². The summed E-state index contributed by atoms with van der Waals surface area (Å²) in [6, 6.07) is 5.94. The molecule has 0 aromatic carbocycles. The molecular weight excluding hydrogens is 214 g/mol. The van der Waals surface area contributed by atoms with Crippen molar-refractivity contribution in [3.8, 4) is 0 Å². The monoisotopic (exact) mass is 231 g/mol. The van der Waals surface area contributed by atoms with Crippen molar-refractivity contribution in [3.63, 3.8) is 0 Å². The number of aromatic nitrogens is 3. The van der Waals surface area contributed by atoms with Crippen LogP contribution in [0, 0.1) is 5.92 Å². The average molecular weight is 231 g/mol. The second-order valence-electron chi connectivity index (χ2n) is 4.57. The van der Waals surface area contributed by atoms with E-state index in [-0.39, 0.29) is 0 Å². The predicted octanol–water partition coefficient (Wildman–Crippen LogP) is 0.775. The van der Waals surface area contributed by atoms with E-state index >= 15 is 0 Å². The highest BCUT2D eigenvalue weighted by atomic mass is 15.4. The lowest BCUT2D eigenvalue weighted by Gasteiger charge is -2.13. The first-order valence-electron chi connectivity index (χ1n) is 6.08. The molecule has 1 N–H and O–H groups in total. The first-order valence-corrected chi connectivity index (χ1v) is 6.08. The molecule has 0 bridgehead atoms. The summed E-state index contributed by atoms with van der Waals surface area (Å²) in [5.74, 6) is 1.57. The van der Waals surface area contributed by atoms with E-state index in [1.807, 2.05) is 36.0 Å². The van der Waals surface area contributed by atoms with E-state index in [4.69, 9.17) is 0 Å². The Morgan fingerprint density at radius 2 is 2.41 bits per heavy atom. The number of hydrogen-bond donors (Lipinski definition) is 1. The van der Waals surface area contributed by atoms with Crippen LogP contribution < -0.4 is 10.2 Å². The number of anilines is 1. The zero-order valence-corrected chi connectivity index (χ0v) is 10.0. The first kappa shape index (κ1) is 10.5. The van der Waals surface area contributed by atoms with Gasteiger partial charge in [-0.15, -0.1) is 5.10 Å². The lowest BCUT2D eigenvalue weighted by molar-refractivity contribution is 0.548. The summed E-state index contributed by atoms with van der Waals surface area (Å²) < 4.78 is 1.83. The van der Waals surface area contributed by atoms with Crippen LogP contribution >= 0.6 is 0 Å². The molecule has 5 nitrogen and oxygen atoms in total. The highest BCUT2D eigenvalue weighted by molar-refractivity contribution is 5.44. The summed E-state index contributed by atoms with van der Waals surface area (Å²) in [5.41, 5.74) is 0.916. The van der Waals surface area contributed by atoms with Crippen LogP contribution in [0.2, 0.25) is 0 Å². The van der Waals surface area contributed by atoms with Crippen LogP contribution in [0.5, 0.6) is 0 Å². The highest BCUT2D eigenvalue weighted by Crippen LogP contribution is 2.20. The molecule has 0 radical (unpaired) electrons. The summed E-state index contributed by atoms with van der Waals surface area (Å²) >= 11 is 0. The molecule has 1 aliphatic rings. The largest absolute Gasteiger partial charge is 0.339 e. The topological polar surface area (TPSA) is 45.5 Å². The Morgan fingerprint density at radius 3 is 3.24 bits per heavy atom. The Hall–Kier alpha value is -1.62. The van der Waals surface area contributed by atoms with Crippen LogP contribution in [0.1, 0.15) is 6.42 Å². The lowest BCUT2D eigenvalue weighted by Crippen LogP contribution is -2.25. The number of pyridine rings is 1. The number of nitrogens with zero attached hydrogens (tertiary/aromatic N) is 4. The molecule has 0 saturated carbocycles. The standard InChI is InChI=1S/C12H17N5/c1-13-8-10-5-7-16(9-10)12-14-11-4-2-3-6-17(11)15-12/h2-4,6,10,13H,5,7-9H2,1H3. The van der Waals surface area contributed by atoms with Crippen molar-refractivity contribution < 1.29 is 0 Å². The summed E-state index contributed by atoms with van der Waals surface area (Å²) in [4.78, 5) is 6.82. The smallest absolute Gasteiger partial charge is 0.245 e. The molecule has 1 aliphatic heterocycles. The summed E-state index contributed by atoms with van der Waals surface area (Å²) in [6.45, 7) is 3.19. The predicted molar refractivity (Wildman–Crippen MR) is 67.2 cm³/mol. The van der Waals surface area contributed by atoms with E-state index in [9.17, 15) is 0 Å². The van der Waals surface area contributed by atoms with E-state index in [0.717, 1.165) is 31.2 Å². The van der Waals surface area contributed by atoms with Crippen LogP contribution in [0.4, 0.5) is 5.95 Å². The molecule has 5 heteroatoms. The van der Waals surface area contributed by atoms with Crippen molar-refractivity contribution in [3.05, 3.63) is 24.4 Å². The van der Waals surface area contributed by atoms with Crippen molar-refractivity contribution >= 4 is 11.6 Å². The van der Waals surface area contributed by atoms with Gasteiger partial charge >= 0.3 is 0 Å². The van der Waals surface area contributed by atoms with Crippen LogP contribution in [0.25, 0.3) is 5.65 Å². The second kappa shape index (κ2) is 4.33. The van der Waals surface area contributed by atoms with Crippen molar-refractivity contribution in [2.45, 2.75) is 6.42 Å². The highest BCUT2D eigenvalue weighted by Gasteiger charge is 2.24. The number of rotatable bonds is 3. The van der Waals surface area contributed by atoms with Gasteiger partial charge in [0.1, 0.15) is 0 Å². The Bertz CT molecular complexity index is 473. The van der Waals surface area contributed by atoms with Gasteiger partial charge in [0.2, 0.25) is 5.95 Å². The molecule has 1 saturated heterocycles. The molecular formula is C12H17N5. The van der Waals surface area contributed by atoms with Gasteiger partial charge in [-0.05, 0) is 38.1 Å². The molecule has 0 spiro atoms. The third kappa shape index (κ3) is 1.98. The van der Waals surface area contributed by atoms with Gasteiger partial charge in [-0.2, -0.15) is 4.98 Å². The van der Waals surface area contributed by atoms with Gasteiger partial charge in [0.05, 0.1) is 0 Å². The van der Waals surface area contributed by atoms with Crippen molar-refractivity contribution in [2.75, 3.05) is 31.6 Å². The third-order valence-corrected chi connectivity index (χ3v) is 3.29. The fourth-order valence-electron chi connectivity index (χ4n) is 2.42. The van der Waals surface area contributed by atoms with Crippen LogP contribution in [-0.2, 0) is 0 Å². The van der Waals surface area contributed by atoms with Crippen LogP contribution in [-0.4, -0.2) is 41.3 Å². The van der Waals surface area contributed by atoms with Crippen LogP contribution in [0.3, 0.4) is 0 Å². The van der Waals surface area contributed by atoms with E-state index in [1.54, 1.807) is 0 Å². The third-order valence-electron chi connectivity index (χ3n) is 3.29. The Labute approximate surface area is 100 Å². The van der Waals surface area contributed by atoms with Crippen molar-refractivity contribution in [2.24, 2.45) is 5.92 Å². The first-order chi connectivity index (χ1) is 8.36. The lowest BCUT2D eigenvalue weighted by atomic mass is 10.1. The molecule has 0 amide bonds. The number of fused-ring (bicyclic) bond motifs is 1. The maximum Gasteiger partial charge on any atom is 0.245 e. The summed E-state index contributed by atoms with van der Waals surface area (Å²) in [7, 11) is 2.01. The average Bonchev–Trinajstić information content (AvgIpc) is 2.94. The van der Waals surface area contributed by atoms with E-state index in [1.165, 1.54) is 6.42 Å². The van der Waals surface area contributed by atoms with Gasteiger partial charge in [-0.3, -0.25) is 0 Å². The Balaban J connectivity index is 1.80. The molecule has 0 aliphatic carbocycles. The molecule has 17 heavy (non-hydrogen) atoms. The molecule has 3 heterocycles. The maximum absolute atomic E-state index is 4.55. The molecule has 1 atom stereocenters. The number of hydrogen-bond acceptors (Lipinski definition) is 4. The summed E-state index contributed by atoms with van der Waals surface area (Å²) in [6.07, 6.45) is 3.16. The molecule has 2 aromatic heterocycles. The Morgan fingerprint density at radius 1 is 1.47 bits per heavy atom. The van der Waals surface area contributed by atoms with Gasteiger partial charge in [0.15, 0.2) is 5.65 Å². The van der Waals surface area contributed by atoms with Gasteiger partial charge in [0.25, 0.3) is 0 Å². The maximum atomic E-state index is 4.55. The molecule has 1 unspecified atom stereocenters. The molecule has 2 aromatic rings. The minimum absolute atomic E-state index is 0.714. The minimum atomic E-state index is 0.714. The van der Waals surface area contributed by atoms with E-state index in [0.29, 0.717) is 5.92 Å². The van der Waals surface area contributed by atoms with Gasteiger partial charge in [-0.25, -0.2) is 4.52 Å². The summed E-state index contributed by atoms with van der Waals surface area (Å²) in [5, 5.41) is 7.74. The quantitative estimate of drug-likeness (QED) is 0.847. The van der Waals surface area contributed by atoms with Gasteiger partial charge in [0, 0.05) is 19.3 Å². The van der Waals surface area contributed by atoms with Crippen molar-refractivity contribution in [1.82, 2.24) is 19.9 Å². The fraction of sp³-hybridized carbons (Fsp3) is 0.500. The Kier molecular flexibility index (Phi) is 2.68. The normalized spacial score (nSPS) is 20.3. The second-order valence-corrected chi connectivity index (χ2v) is 4.57. The number of nitrogens with one attached hydrogen (secondary N) is 1. The zero-order valence-electron chi connectivity index (χ0n) is 10.0. The zero-order chi connectivity index (χ0) is 11.7. The van der Waals surface area contributed by atoms with E-state index in [2.05, 4.69) is 20.3 Å². The fourth-order valence-corrected chi connectivity index (χ4v) is 2.42. The van der Waals surface area contributed by atoms with Gasteiger partial charge < -0.3 is 10.2 Å². The molecule has 1 fully saturated rings.